The summed E-state index contributed by atoms with van der Waals surface area (Å²) in [7, 11) is 2.00. The topological polar surface area (TPSA) is 29.3 Å². The zero-order chi connectivity index (χ0) is 12.6. The number of halogens is 2. The molecule has 2 N–H and O–H groups in total. The normalized spacial score (nSPS) is 25.5. The molecule has 0 saturated carbocycles. The second-order valence-electron chi connectivity index (χ2n) is 4.88. The molecule has 0 spiro atoms. The van der Waals surface area contributed by atoms with Crippen LogP contribution in [-0.2, 0) is 0 Å². The van der Waals surface area contributed by atoms with Gasteiger partial charge in [-0.2, -0.15) is 0 Å². The molecule has 2 atom stereocenters. The van der Waals surface area contributed by atoms with E-state index in [1.54, 1.807) is 6.07 Å². The molecule has 0 radical (unpaired) electrons. The predicted octanol–water partition coefficient (Wildman–Crippen LogP) is 2.74. The van der Waals surface area contributed by atoms with Crippen LogP contribution in [0.3, 0.4) is 0 Å². The standard InChI is InChI=1S/C13H18ClFN2/c1-8-3-4-10(15)12(13(8)14)11-5-9(6-16)7-17(11)2/h3-4,9,11H,5-7,16H2,1-2H3. The zero-order valence-electron chi connectivity index (χ0n) is 10.2. The van der Waals surface area contributed by atoms with Crippen molar-refractivity contribution in [2.75, 3.05) is 20.1 Å². The maximum atomic E-state index is 13.9. The average molecular weight is 257 g/mol. The first-order chi connectivity index (χ1) is 8.04. The third-order valence-corrected chi connectivity index (χ3v) is 4.12. The van der Waals surface area contributed by atoms with Gasteiger partial charge in [-0.25, -0.2) is 4.39 Å². The fraction of sp³-hybridized carbons (Fsp3) is 0.538. The van der Waals surface area contributed by atoms with E-state index >= 15 is 0 Å². The minimum atomic E-state index is -0.213. The van der Waals surface area contributed by atoms with E-state index in [1.807, 2.05) is 14.0 Å². The molecule has 2 nitrogen and oxygen atoms in total. The molecular formula is C13H18ClFN2. The maximum absolute atomic E-state index is 13.9. The Morgan fingerprint density at radius 3 is 2.82 bits per heavy atom. The number of likely N-dealkylation sites (tertiary alicyclic amines) is 1. The fourth-order valence-corrected chi connectivity index (χ4v) is 2.88. The summed E-state index contributed by atoms with van der Waals surface area (Å²) >= 11 is 6.24. The molecule has 1 fully saturated rings. The van der Waals surface area contributed by atoms with E-state index in [0.717, 1.165) is 18.5 Å². The zero-order valence-corrected chi connectivity index (χ0v) is 11.0. The predicted molar refractivity (Wildman–Crippen MR) is 68.7 cm³/mol. The summed E-state index contributed by atoms with van der Waals surface area (Å²) in [5.74, 6) is 0.219. The molecule has 94 valence electrons. The average Bonchev–Trinajstić information content (AvgIpc) is 2.66. The van der Waals surface area contributed by atoms with Crippen LogP contribution < -0.4 is 5.73 Å². The molecule has 17 heavy (non-hydrogen) atoms. The molecular weight excluding hydrogens is 239 g/mol. The highest BCUT2D eigenvalue weighted by Crippen LogP contribution is 2.39. The van der Waals surface area contributed by atoms with E-state index in [4.69, 9.17) is 17.3 Å². The van der Waals surface area contributed by atoms with Crippen molar-refractivity contribution in [1.29, 1.82) is 0 Å². The van der Waals surface area contributed by atoms with Crippen molar-refractivity contribution < 1.29 is 4.39 Å². The number of hydrogen-bond acceptors (Lipinski definition) is 2. The molecule has 1 heterocycles. The van der Waals surface area contributed by atoms with Crippen molar-refractivity contribution in [2.45, 2.75) is 19.4 Å². The summed E-state index contributed by atoms with van der Waals surface area (Å²) in [6.45, 7) is 3.46. The lowest BCUT2D eigenvalue weighted by molar-refractivity contribution is 0.307. The van der Waals surface area contributed by atoms with Crippen molar-refractivity contribution in [3.63, 3.8) is 0 Å². The van der Waals surface area contributed by atoms with Gasteiger partial charge in [0, 0.05) is 18.2 Å². The van der Waals surface area contributed by atoms with E-state index < -0.39 is 0 Å². The maximum Gasteiger partial charge on any atom is 0.129 e. The van der Waals surface area contributed by atoms with Gasteiger partial charge in [-0.1, -0.05) is 17.7 Å². The lowest BCUT2D eigenvalue weighted by Crippen LogP contribution is -2.21. The molecule has 1 saturated heterocycles. The van der Waals surface area contributed by atoms with Crippen molar-refractivity contribution in [3.05, 3.63) is 34.1 Å². The van der Waals surface area contributed by atoms with Gasteiger partial charge in [0.1, 0.15) is 5.82 Å². The Balaban J connectivity index is 2.37. The Bertz CT molecular complexity index is 422. The summed E-state index contributed by atoms with van der Waals surface area (Å²) in [4.78, 5) is 2.14. The van der Waals surface area contributed by atoms with E-state index in [0.29, 0.717) is 23.0 Å². The van der Waals surface area contributed by atoms with Gasteiger partial charge in [-0.05, 0) is 44.5 Å². The highest BCUT2D eigenvalue weighted by molar-refractivity contribution is 6.32. The Morgan fingerprint density at radius 1 is 1.53 bits per heavy atom. The van der Waals surface area contributed by atoms with Gasteiger partial charge < -0.3 is 5.73 Å². The third kappa shape index (κ3) is 2.32. The number of nitrogens with zero attached hydrogens (tertiary/aromatic N) is 1. The van der Waals surface area contributed by atoms with E-state index in [1.165, 1.54) is 6.07 Å². The Kier molecular flexibility index (Phi) is 3.71. The number of aryl methyl sites for hydroxylation is 1. The number of hydrogen-bond donors (Lipinski definition) is 1. The summed E-state index contributed by atoms with van der Waals surface area (Å²) in [6, 6.07) is 3.27. The van der Waals surface area contributed by atoms with Crippen LogP contribution in [-0.4, -0.2) is 25.0 Å². The third-order valence-electron chi connectivity index (χ3n) is 3.62. The van der Waals surface area contributed by atoms with Crippen LogP contribution >= 0.6 is 11.6 Å². The highest BCUT2D eigenvalue weighted by Gasteiger charge is 2.33. The quantitative estimate of drug-likeness (QED) is 0.882. The van der Waals surface area contributed by atoms with Crippen LogP contribution in [0.15, 0.2) is 12.1 Å². The van der Waals surface area contributed by atoms with Crippen molar-refractivity contribution in [2.24, 2.45) is 11.7 Å². The molecule has 1 aliphatic rings. The molecule has 1 aliphatic heterocycles. The molecule has 2 rings (SSSR count). The SMILES string of the molecule is Cc1ccc(F)c(C2CC(CN)CN2C)c1Cl. The van der Waals surface area contributed by atoms with Gasteiger partial charge in [-0.15, -0.1) is 0 Å². The fourth-order valence-electron chi connectivity index (χ4n) is 2.60. The minimum absolute atomic E-state index is 0.0518. The first-order valence-corrected chi connectivity index (χ1v) is 6.27. The molecule has 1 aromatic carbocycles. The largest absolute Gasteiger partial charge is 0.330 e. The molecule has 0 bridgehead atoms. The van der Waals surface area contributed by atoms with E-state index in [-0.39, 0.29) is 11.9 Å². The van der Waals surface area contributed by atoms with Crippen LogP contribution in [0.5, 0.6) is 0 Å². The molecule has 2 unspecified atom stereocenters. The number of benzene rings is 1. The summed E-state index contributed by atoms with van der Waals surface area (Å²) in [5, 5.41) is 0.555. The first-order valence-electron chi connectivity index (χ1n) is 5.89. The van der Waals surface area contributed by atoms with Crippen LogP contribution in [0.1, 0.15) is 23.6 Å². The Hall–Kier alpha value is -0.640. The minimum Gasteiger partial charge on any atom is -0.330 e. The van der Waals surface area contributed by atoms with Gasteiger partial charge in [0.05, 0.1) is 5.02 Å². The van der Waals surface area contributed by atoms with Crippen molar-refractivity contribution in [1.82, 2.24) is 4.90 Å². The molecule has 1 aromatic rings. The van der Waals surface area contributed by atoms with Crippen molar-refractivity contribution >= 4 is 11.6 Å². The van der Waals surface area contributed by atoms with Gasteiger partial charge in [0.15, 0.2) is 0 Å². The van der Waals surface area contributed by atoms with Crippen LogP contribution in [0.4, 0.5) is 4.39 Å². The molecule has 0 aliphatic carbocycles. The Labute approximate surface area is 107 Å². The van der Waals surface area contributed by atoms with Gasteiger partial charge in [0.25, 0.3) is 0 Å². The monoisotopic (exact) mass is 256 g/mol. The molecule has 4 heteroatoms. The summed E-state index contributed by atoms with van der Waals surface area (Å²) < 4.78 is 13.9. The lowest BCUT2D eigenvalue weighted by Gasteiger charge is -2.22. The second kappa shape index (κ2) is 4.92. The smallest absolute Gasteiger partial charge is 0.129 e. The number of rotatable bonds is 2. The lowest BCUT2D eigenvalue weighted by atomic mass is 9.98. The summed E-state index contributed by atoms with van der Waals surface area (Å²) in [6.07, 6.45) is 0.882. The Morgan fingerprint density at radius 2 is 2.24 bits per heavy atom. The van der Waals surface area contributed by atoms with Gasteiger partial charge in [-0.3, -0.25) is 4.90 Å². The second-order valence-corrected chi connectivity index (χ2v) is 5.26. The summed E-state index contributed by atoms with van der Waals surface area (Å²) in [5.41, 5.74) is 7.24. The number of nitrogens with two attached hydrogens (primary N) is 1. The molecule has 0 aromatic heterocycles. The van der Waals surface area contributed by atoms with E-state index in [9.17, 15) is 4.39 Å². The van der Waals surface area contributed by atoms with Crippen LogP contribution in [0, 0.1) is 18.7 Å². The first kappa shape index (κ1) is 12.8. The van der Waals surface area contributed by atoms with Crippen molar-refractivity contribution in [3.8, 4) is 0 Å². The van der Waals surface area contributed by atoms with Crippen LogP contribution in [0.25, 0.3) is 0 Å². The van der Waals surface area contributed by atoms with E-state index in [2.05, 4.69) is 4.90 Å². The molecule has 0 amide bonds. The highest BCUT2D eigenvalue weighted by atomic mass is 35.5. The van der Waals surface area contributed by atoms with Crippen LogP contribution in [0.2, 0.25) is 5.02 Å². The van der Waals surface area contributed by atoms with Gasteiger partial charge >= 0.3 is 0 Å². The van der Waals surface area contributed by atoms with Gasteiger partial charge in [0.2, 0.25) is 0 Å².